The Bertz CT molecular complexity index is 949. The van der Waals surface area contributed by atoms with Gasteiger partial charge in [0.2, 0.25) is 0 Å². The fourth-order valence-electron chi connectivity index (χ4n) is 2.42. The molecule has 0 aliphatic carbocycles. The van der Waals surface area contributed by atoms with Crippen molar-refractivity contribution in [3.8, 4) is 11.3 Å². The second-order valence-electron chi connectivity index (χ2n) is 5.70. The Labute approximate surface area is 155 Å². The molecule has 0 atom stereocenters. The minimum absolute atomic E-state index is 0.0173. The van der Waals surface area contributed by atoms with E-state index in [-0.39, 0.29) is 5.69 Å². The van der Waals surface area contributed by atoms with Gasteiger partial charge in [-0.25, -0.2) is 0 Å². The number of nitrogens with zero attached hydrogens (tertiary/aromatic N) is 2. The Morgan fingerprint density at radius 2 is 1.96 bits per heavy atom. The van der Waals surface area contributed by atoms with Gasteiger partial charge in [-0.15, -0.1) is 0 Å². The highest BCUT2D eigenvalue weighted by Gasteiger charge is 2.17. The number of halogens is 1. The lowest BCUT2D eigenvalue weighted by molar-refractivity contribution is -0.384. The molecule has 0 radical (unpaired) electrons. The zero-order valence-electron chi connectivity index (χ0n) is 14.0. The molecule has 0 amide bonds. The van der Waals surface area contributed by atoms with E-state index >= 15 is 0 Å². The van der Waals surface area contributed by atoms with Crippen LogP contribution in [-0.2, 0) is 6.54 Å². The molecule has 26 heavy (non-hydrogen) atoms. The van der Waals surface area contributed by atoms with E-state index in [1.54, 1.807) is 18.2 Å². The summed E-state index contributed by atoms with van der Waals surface area (Å²) in [7, 11) is 0. The summed E-state index contributed by atoms with van der Waals surface area (Å²) in [5, 5.41) is 16.0. The van der Waals surface area contributed by atoms with Gasteiger partial charge in [0.05, 0.1) is 23.2 Å². The van der Waals surface area contributed by atoms with Crippen molar-refractivity contribution in [3.05, 3.63) is 86.6 Å². The lowest BCUT2D eigenvalue weighted by Crippen LogP contribution is -2.05. The number of nitro groups is 1. The topological polar surface area (TPSA) is 80.7 Å². The maximum Gasteiger partial charge on any atom is 0.280 e. The van der Waals surface area contributed by atoms with Crippen LogP contribution in [0.2, 0.25) is 5.02 Å². The zero-order valence-corrected chi connectivity index (χ0v) is 14.7. The third-order valence-corrected chi connectivity index (χ3v) is 3.97. The summed E-state index contributed by atoms with van der Waals surface area (Å²) in [6, 6.07) is 15.9. The molecule has 0 aliphatic heterocycles. The minimum atomic E-state index is -0.410. The van der Waals surface area contributed by atoms with Crippen molar-refractivity contribution in [1.82, 2.24) is 5.43 Å². The maximum atomic E-state index is 11.2. The zero-order chi connectivity index (χ0) is 18.5. The lowest BCUT2D eigenvalue weighted by atomic mass is 10.1. The standard InChI is InChI=1S/C19H16ClN3O3/c1-13-2-8-17(18(10-13)23(24)25)19-9-7-16(26-19)12-22-21-11-14-3-5-15(20)6-4-14/h2-10,12,21H,11H2,1H3/b22-12-. The van der Waals surface area contributed by atoms with Crippen LogP contribution in [0.25, 0.3) is 11.3 Å². The SMILES string of the molecule is Cc1ccc(-c2ccc(/C=N\NCc3ccc(Cl)cc3)o2)c([N+](=O)[O-])c1. The van der Waals surface area contributed by atoms with E-state index in [0.717, 1.165) is 11.1 Å². The first kappa shape index (κ1) is 17.7. The Kier molecular flexibility index (Phi) is 5.34. The number of furan rings is 1. The molecule has 1 heterocycles. The summed E-state index contributed by atoms with van der Waals surface area (Å²) in [6.45, 7) is 2.36. The van der Waals surface area contributed by atoms with E-state index in [9.17, 15) is 10.1 Å². The normalized spacial score (nSPS) is 11.0. The van der Waals surface area contributed by atoms with Gasteiger partial charge in [0.1, 0.15) is 11.5 Å². The van der Waals surface area contributed by atoms with Crippen molar-refractivity contribution < 1.29 is 9.34 Å². The van der Waals surface area contributed by atoms with E-state index in [2.05, 4.69) is 10.5 Å². The van der Waals surface area contributed by atoms with Crippen molar-refractivity contribution in [2.45, 2.75) is 13.5 Å². The number of hydrazone groups is 1. The average Bonchev–Trinajstić information content (AvgIpc) is 3.09. The smallest absolute Gasteiger partial charge is 0.280 e. The second kappa shape index (κ2) is 7.84. The van der Waals surface area contributed by atoms with E-state index in [1.807, 2.05) is 37.3 Å². The summed E-state index contributed by atoms with van der Waals surface area (Å²) < 4.78 is 5.66. The van der Waals surface area contributed by atoms with Crippen LogP contribution in [0.15, 0.2) is 64.1 Å². The molecule has 0 saturated carbocycles. The van der Waals surface area contributed by atoms with Gasteiger partial charge < -0.3 is 9.84 Å². The van der Waals surface area contributed by atoms with Gasteiger partial charge in [0, 0.05) is 11.1 Å². The molecule has 3 rings (SSSR count). The first-order chi connectivity index (χ1) is 12.5. The number of benzene rings is 2. The largest absolute Gasteiger partial charge is 0.455 e. The molecule has 0 bridgehead atoms. The monoisotopic (exact) mass is 369 g/mol. The van der Waals surface area contributed by atoms with Crippen molar-refractivity contribution in [2.75, 3.05) is 0 Å². The predicted octanol–water partition coefficient (Wildman–Crippen LogP) is 4.94. The van der Waals surface area contributed by atoms with Gasteiger partial charge in [0.15, 0.2) is 0 Å². The van der Waals surface area contributed by atoms with Crippen molar-refractivity contribution >= 4 is 23.5 Å². The first-order valence-electron chi connectivity index (χ1n) is 7.88. The molecule has 6 nitrogen and oxygen atoms in total. The molecule has 2 aromatic carbocycles. The Morgan fingerprint density at radius 3 is 2.69 bits per heavy atom. The highest BCUT2D eigenvalue weighted by molar-refractivity contribution is 6.30. The summed E-state index contributed by atoms with van der Waals surface area (Å²) in [5.41, 5.74) is 5.23. The lowest BCUT2D eigenvalue weighted by Gasteiger charge is -2.01. The van der Waals surface area contributed by atoms with Gasteiger partial charge in [-0.2, -0.15) is 5.10 Å². The molecule has 1 aromatic heterocycles. The Balaban J connectivity index is 1.68. The number of rotatable bonds is 6. The highest BCUT2D eigenvalue weighted by atomic mass is 35.5. The molecule has 3 aromatic rings. The molecule has 0 saturated heterocycles. The van der Waals surface area contributed by atoms with Gasteiger partial charge in [-0.1, -0.05) is 29.8 Å². The van der Waals surface area contributed by atoms with Crippen LogP contribution < -0.4 is 5.43 Å². The minimum Gasteiger partial charge on any atom is -0.455 e. The van der Waals surface area contributed by atoms with E-state index in [1.165, 1.54) is 12.3 Å². The van der Waals surface area contributed by atoms with Crippen LogP contribution in [-0.4, -0.2) is 11.1 Å². The Hall–Kier alpha value is -3.12. The molecule has 0 aliphatic rings. The molecule has 0 spiro atoms. The third-order valence-electron chi connectivity index (χ3n) is 3.72. The fraction of sp³-hybridized carbons (Fsp3) is 0.105. The number of hydrogen-bond donors (Lipinski definition) is 1. The fourth-order valence-corrected chi connectivity index (χ4v) is 2.54. The molecular weight excluding hydrogens is 354 g/mol. The average molecular weight is 370 g/mol. The quantitative estimate of drug-likeness (QED) is 0.379. The van der Waals surface area contributed by atoms with Gasteiger partial charge in [-0.05, 0) is 48.4 Å². The van der Waals surface area contributed by atoms with Gasteiger partial charge >= 0.3 is 0 Å². The molecule has 1 N–H and O–H groups in total. The van der Waals surface area contributed by atoms with E-state index < -0.39 is 4.92 Å². The maximum absolute atomic E-state index is 11.2. The number of aryl methyl sites for hydroxylation is 1. The molecule has 0 unspecified atom stereocenters. The van der Waals surface area contributed by atoms with E-state index in [0.29, 0.717) is 28.7 Å². The van der Waals surface area contributed by atoms with Crippen molar-refractivity contribution in [3.63, 3.8) is 0 Å². The summed E-state index contributed by atoms with van der Waals surface area (Å²) in [6.07, 6.45) is 1.53. The summed E-state index contributed by atoms with van der Waals surface area (Å²) >= 11 is 5.84. The summed E-state index contributed by atoms with van der Waals surface area (Å²) in [5.74, 6) is 0.925. The third kappa shape index (κ3) is 4.29. The Morgan fingerprint density at radius 1 is 1.19 bits per heavy atom. The van der Waals surface area contributed by atoms with Crippen LogP contribution >= 0.6 is 11.6 Å². The van der Waals surface area contributed by atoms with Crippen molar-refractivity contribution in [2.24, 2.45) is 5.10 Å². The van der Waals surface area contributed by atoms with Crippen LogP contribution in [0, 0.1) is 17.0 Å². The van der Waals surface area contributed by atoms with Gasteiger partial charge in [0.25, 0.3) is 5.69 Å². The predicted molar refractivity (Wildman–Crippen MR) is 101 cm³/mol. The van der Waals surface area contributed by atoms with E-state index in [4.69, 9.17) is 16.0 Å². The number of hydrogen-bond acceptors (Lipinski definition) is 5. The first-order valence-corrected chi connectivity index (χ1v) is 8.26. The van der Waals surface area contributed by atoms with Crippen LogP contribution in [0.5, 0.6) is 0 Å². The van der Waals surface area contributed by atoms with Crippen molar-refractivity contribution in [1.29, 1.82) is 0 Å². The molecule has 132 valence electrons. The molecular formula is C19H16ClN3O3. The molecule has 7 heteroatoms. The number of nitrogens with one attached hydrogen (secondary N) is 1. The van der Waals surface area contributed by atoms with Crippen LogP contribution in [0.3, 0.4) is 0 Å². The highest BCUT2D eigenvalue weighted by Crippen LogP contribution is 2.31. The van der Waals surface area contributed by atoms with Gasteiger partial charge in [-0.3, -0.25) is 10.1 Å². The summed E-state index contributed by atoms with van der Waals surface area (Å²) in [4.78, 5) is 10.8. The number of nitro benzene ring substituents is 1. The molecule has 0 fully saturated rings. The van der Waals surface area contributed by atoms with Crippen LogP contribution in [0.1, 0.15) is 16.9 Å². The second-order valence-corrected chi connectivity index (χ2v) is 6.14. The van der Waals surface area contributed by atoms with Crippen LogP contribution in [0.4, 0.5) is 5.69 Å².